The number of carbonyl (C=O) groups is 2. The summed E-state index contributed by atoms with van der Waals surface area (Å²) in [5.74, 6) is 0.589. The third kappa shape index (κ3) is 4.70. The quantitative estimate of drug-likeness (QED) is 0.728. The molecule has 2 heterocycles. The van der Waals surface area contributed by atoms with E-state index in [-0.39, 0.29) is 6.10 Å². The first kappa shape index (κ1) is 23.5. The number of benzene rings is 1. The normalized spacial score (nSPS) is 15.8. The molecule has 1 aliphatic rings. The summed E-state index contributed by atoms with van der Waals surface area (Å²) in [5.41, 5.74) is 0.408. The molecule has 0 spiro atoms. The molecule has 8 heteroatoms. The van der Waals surface area contributed by atoms with Gasteiger partial charge >= 0.3 is 0 Å². The summed E-state index contributed by atoms with van der Waals surface area (Å²) in [6.07, 6.45) is 0.903. The first-order valence-corrected chi connectivity index (χ1v) is 10.6. The van der Waals surface area contributed by atoms with Crippen LogP contribution in [-0.4, -0.2) is 33.0 Å². The highest BCUT2D eigenvalue weighted by molar-refractivity contribution is 5.99. The highest BCUT2D eigenvalue weighted by Crippen LogP contribution is 2.40. The van der Waals surface area contributed by atoms with E-state index in [1.165, 1.54) is 20.0 Å². The van der Waals surface area contributed by atoms with E-state index in [1.54, 1.807) is 32.9 Å². The van der Waals surface area contributed by atoms with Gasteiger partial charge in [-0.15, -0.1) is 0 Å². The maximum atomic E-state index is 12.9. The number of pyridine rings is 1. The van der Waals surface area contributed by atoms with Gasteiger partial charge in [-0.3, -0.25) is 4.79 Å². The topological polar surface area (TPSA) is 104 Å². The van der Waals surface area contributed by atoms with Gasteiger partial charge in [-0.1, -0.05) is 19.1 Å². The van der Waals surface area contributed by atoms with Crippen molar-refractivity contribution in [1.82, 2.24) is 9.88 Å². The highest BCUT2D eigenvalue weighted by atomic mass is 16.5. The van der Waals surface area contributed by atoms with Gasteiger partial charge in [0.05, 0.1) is 24.6 Å². The number of nitrogens with one attached hydrogen (secondary N) is 1. The van der Waals surface area contributed by atoms with E-state index < -0.39 is 23.1 Å². The molecule has 172 valence electrons. The van der Waals surface area contributed by atoms with Gasteiger partial charge in [0.25, 0.3) is 0 Å². The second-order valence-corrected chi connectivity index (χ2v) is 9.31. The summed E-state index contributed by atoms with van der Waals surface area (Å²) in [6.45, 7) is 10.8. The van der Waals surface area contributed by atoms with Crippen LogP contribution >= 0.6 is 0 Å². The lowest BCUT2D eigenvalue weighted by molar-refractivity contribution is -0.276. The summed E-state index contributed by atoms with van der Waals surface area (Å²) in [6, 6.07) is 9.15. The Morgan fingerprint density at radius 3 is 2.50 bits per heavy atom. The number of carboxylic acid groups (broad SMARTS) is 1. The molecule has 1 atom stereocenters. The minimum absolute atomic E-state index is 0.00326. The Labute approximate surface area is 188 Å². The van der Waals surface area contributed by atoms with Crippen LogP contribution < -0.4 is 15.2 Å². The van der Waals surface area contributed by atoms with Crippen LogP contribution in [0.25, 0.3) is 0 Å². The smallest absolute Gasteiger partial charge is 0.249 e. The summed E-state index contributed by atoms with van der Waals surface area (Å²) in [4.78, 5) is 29.9. The Morgan fingerprint density at radius 1 is 1.22 bits per heavy atom. The molecular weight excluding hydrogens is 410 g/mol. The number of aromatic nitrogens is 1. The number of hydrogen-bond donors (Lipinski definition) is 1. The Bertz CT molecular complexity index is 996. The van der Waals surface area contributed by atoms with Crippen molar-refractivity contribution in [3.05, 3.63) is 47.7 Å². The first-order valence-electron chi connectivity index (χ1n) is 10.6. The molecule has 0 aliphatic carbocycles. The summed E-state index contributed by atoms with van der Waals surface area (Å²) < 4.78 is 11.8. The molecule has 1 unspecified atom stereocenters. The predicted octanol–water partition coefficient (Wildman–Crippen LogP) is 4.02. The van der Waals surface area contributed by atoms with Crippen LogP contribution in [-0.2, 0) is 16.1 Å². The molecule has 32 heavy (non-hydrogen) atoms. The third-order valence-corrected chi connectivity index (χ3v) is 5.47. The Hall–Kier alpha value is -3.13. The van der Waals surface area contributed by atoms with Crippen molar-refractivity contribution in [2.75, 3.05) is 5.32 Å². The minimum atomic E-state index is -1.41. The molecule has 0 fully saturated rings. The monoisotopic (exact) mass is 440 g/mol. The van der Waals surface area contributed by atoms with E-state index in [2.05, 4.69) is 17.2 Å². The molecule has 2 aromatic rings. The second-order valence-electron chi connectivity index (χ2n) is 9.31. The molecule has 0 saturated heterocycles. The zero-order chi connectivity index (χ0) is 23.7. The van der Waals surface area contributed by atoms with Crippen molar-refractivity contribution in [2.24, 2.45) is 0 Å². The van der Waals surface area contributed by atoms with Crippen LogP contribution in [0.3, 0.4) is 0 Å². The van der Waals surface area contributed by atoms with Crippen molar-refractivity contribution >= 4 is 17.7 Å². The van der Waals surface area contributed by atoms with Crippen molar-refractivity contribution < 1.29 is 24.2 Å². The average Bonchev–Trinajstić information content (AvgIpc) is 3.12. The average molecular weight is 441 g/mol. The third-order valence-electron chi connectivity index (χ3n) is 5.47. The molecule has 0 saturated carbocycles. The predicted molar refractivity (Wildman–Crippen MR) is 118 cm³/mol. The second kappa shape index (κ2) is 8.78. The van der Waals surface area contributed by atoms with Gasteiger partial charge in [0, 0.05) is 17.2 Å². The summed E-state index contributed by atoms with van der Waals surface area (Å²) in [5, 5.41) is 14.4. The lowest BCUT2D eigenvalue weighted by Gasteiger charge is -2.47. The molecule has 1 N–H and O–H groups in total. The van der Waals surface area contributed by atoms with E-state index in [0.29, 0.717) is 23.9 Å². The number of ether oxygens (including phenoxy) is 2. The molecule has 1 aliphatic heterocycles. The standard InChI is InChI=1S/C24H31N3O5/c1-7-17-20-15(14-31-17)9-8-10-18(20)32-19-12-11-16(13-25-19)26-21(28)24(5,6)27(22(29)30)23(2,3)4/h8-13,17H,7,14H2,1-6H3,(H,26,28)(H,29,30)/p-1. The van der Waals surface area contributed by atoms with Crippen LogP contribution in [0.2, 0.25) is 0 Å². The minimum Gasteiger partial charge on any atom is -0.530 e. The highest BCUT2D eigenvalue weighted by Gasteiger charge is 2.40. The number of amides is 2. The SMILES string of the molecule is CCC1OCc2cccc(Oc3ccc(NC(=O)C(C)(C)N(C(=O)[O-])C(C)(C)C)cn3)c21. The van der Waals surface area contributed by atoms with Gasteiger partial charge in [-0.05, 0) is 58.7 Å². The summed E-state index contributed by atoms with van der Waals surface area (Å²) in [7, 11) is 0. The maximum absolute atomic E-state index is 12.9. The van der Waals surface area contributed by atoms with Crippen LogP contribution in [0.1, 0.15) is 65.2 Å². The maximum Gasteiger partial charge on any atom is 0.249 e. The van der Waals surface area contributed by atoms with Gasteiger partial charge in [0.2, 0.25) is 11.8 Å². The largest absolute Gasteiger partial charge is 0.530 e. The number of carbonyl (C=O) groups excluding carboxylic acids is 2. The van der Waals surface area contributed by atoms with Crippen LogP contribution in [0, 0.1) is 0 Å². The molecule has 3 rings (SSSR count). The van der Waals surface area contributed by atoms with E-state index in [4.69, 9.17) is 9.47 Å². The number of hydrogen-bond acceptors (Lipinski definition) is 6. The van der Waals surface area contributed by atoms with Crippen LogP contribution in [0.5, 0.6) is 11.6 Å². The number of fused-ring (bicyclic) bond motifs is 1. The van der Waals surface area contributed by atoms with Crippen molar-refractivity contribution in [2.45, 2.75) is 71.8 Å². The zero-order valence-electron chi connectivity index (χ0n) is 19.4. The molecule has 1 aromatic carbocycles. The molecular formula is C24H30N3O5-. The van der Waals surface area contributed by atoms with Gasteiger partial charge < -0.3 is 29.6 Å². The first-order chi connectivity index (χ1) is 14.9. The van der Waals surface area contributed by atoms with Crippen molar-refractivity contribution in [1.29, 1.82) is 0 Å². The molecule has 8 nitrogen and oxygen atoms in total. The fraction of sp³-hybridized carbons (Fsp3) is 0.458. The summed E-state index contributed by atoms with van der Waals surface area (Å²) >= 11 is 0. The van der Waals surface area contributed by atoms with E-state index >= 15 is 0 Å². The van der Waals surface area contributed by atoms with Crippen LogP contribution in [0.4, 0.5) is 10.5 Å². The van der Waals surface area contributed by atoms with Crippen molar-refractivity contribution in [3.63, 3.8) is 0 Å². The van der Waals surface area contributed by atoms with Gasteiger partial charge in [-0.25, -0.2) is 4.98 Å². The Balaban J connectivity index is 1.74. The zero-order valence-corrected chi connectivity index (χ0v) is 19.4. The van der Waals surface area contributed by atoms with Crippen LogP contribution in [0.15, 0.2) is 36.5 Å². The lowest BCUT2D eigenvalue weighted by Crippen LogP contribution is -2.65. The lowest BCUT2D eigenvalue weighted by atomic mass is 9.94. The van der Waals surface area contributed by atoms with E-state index in [1.807, 2.05) is 18.2 Å². The Kier molecular flexibility index (Phi) is 6.46. The Morgan fingerprint density at radius 2 is 1.94 bits per heavy atom. The number of anilines is 1. The number of nitrogens with zero attached hydrogens (tertiary/aromatic N) is 2. The fourth-order valence-corrected chi connectivity index (χ4v) is 4.12. The van der Waals surface area contributed by atoms with E-state index in [0.717, 1.165) is 22.4 Å². The molecule has 1 aromatic heterocycles. The molecule has 0 radical (unpaired) electrons. The van der Waals surface area contributed by atoms with E-state index in [9.17, 15) is 14.7 Å². The molecule has 2 amide bonds. The number of rotatable bonds is 6. The molecule has 0 bridgehead atoms. The van der Waals surface area contributed by atoms with Gasteiger partial charge in [0.1, 0.15) is 17.4 Å². The van der Waals surface area contributed by atoms with Gasteiger partial charge in [0.15, 0.2) is 0 Å². The van der Waals surface area contributed by atoms with Gasteiger partial charge in [-0.2, -0.15) is 0 Å². The van der Waals surface area contributed by atoms with Crippen molar-refractivity contribution in [3.8, 4) is 11.6 Å². The fourth-order valence-electron chi connectivity index (χ4n) is 4.12.